The van der Waals surface area contributed by atoms with E-state index in [-0.39, 0.29) is 93.8 Å². The number of esters is 3. The molecule has 0 aromatic carbocycles. The molecule has 5 N–H and O–H groups in total. The molecule has 812 valence electrons. The van der Waals surface area contributed by atoms with Gasteiger partial charge in [-0.15, -0.1) is 0 Å². The monoisotopic (exact) mass is 2000 g/mol. The number of ether oxygens (including phenoxy) is 10. The van der Waals surface area contributed by atoms with Gasteiger partial charge in [0.1, 0.15) is 32.0 Å². The predicted molar refractivity (Wildman–Crippen MR) is 549 cm³/mol. The second-order valence-corrected chi connectivity index (χ2v) is 44.2. The van der Waals surface area contributed by atoms with Crippen molar-refractivity contribution in [3.8, 4) is 0 Å². The first-order chi connectivity index (χ1) is 67.5. The number of nitrogens with zero attached hydrogens (tertiary/aromatic N) is 8. The van der Waals surface area contributed by atoms with Crippen molar-refractivity contribution >= 4 is 48.4 Å². The van der Waals surface area contributed by atoms with Crippen LogP contribution < -0.4 is 43.7 Å². The number of carbonyl (C=O) groups excluding carboxylic acids is 8. The topological polar surface area (TPSA) is 370 Å². The van der Waals surface area contributed by atoms with E-state index < -0.39 is 69.9 Å². The van der Waals surface area contributed by atoms with E-state index in [9.17, 15) is 52.7 Å². The molecule has 15 unspecified atom stereocenters. The van der Waals surface area contributed by atoms with Gasteiger partial charge in [-0.1, -0.05) is 163 Å². The smallest absolute Gasteiger partial charge is 0.407 e. The highest BCUT2D eigenvalue weighted by atomic mass is 16.6. The van der Waals surface area contributed by atoms with Crippen molar-refractivity contribution in [3.05, 3.63) is 31.5 Å². The Bertz CT molecular complexity index is 3580. The Kier molecular flexibility index (Phi) is 56.1. The number of hydrogen-bond acceptors (Lipinski definition) is 26. The van der Waals surface area contributed by atoms with Gasteiger partial charge in [0.05, 0.1) is 29.5 Å². The lowest BCUT2D eigenvalue weighted by Crippen LogP contribution is -2.54. The number of nitrogens with one attached hydrogen (secondary N) is 5. The molecule has 5 amide bonds. The number of amides is 5. The maximum absolute atomic E-state index is 14.1. The molecule has 5 saturated heterocycles. The molecule has 8 rings (SSSR count). The zero-order valence-corrected chi connectivity index (χ0v) is 90.3. The summed E-state index contributed by atoms with van der Waals surface area (Å²) in [5.74, 6) is 0.531. The van der Waals surface area contributed by atoms with Crippen LogP contribution in [0.2, 0.25) is 0 Å². The fraction of sp³-hybridized carbons (Fsp3) is 0.897. The van der Waals surface area contributed by atoms with Gasteiger partial charge in [0, 0.05) is 160 Å². The predicted octanol–water partition coefficient (Wildman–Crippen LogP) is 16.6. The molecule has 6 heterocycles. The van der Waals surface area contributed by atoms with Crippen LogP contribution in [0.5, 0.6) is 0 Å². The quantitative estimate of drug-likeness (QED) is 0.0175. The minimum Gasteiger partial charge on any atom is -0.461 e. The highest BCUT2D eigenvalue weighted by Crippen LogP contribution is 2.37. The number of carbonyl (C=O) groups is 8. The van der Waals surface area contributed by atoms with Gasteiger partial charge in [0.2, 0.25) is 0 Å². The second kappa shape index (κ2) is 65.5. The minimum atomic E-state index is -0.667. The largest absolute Gasteiger partial charge is 0.461 e. The van der Waals surface area contributed by atoms with Crippen molar-refractivity contribution in [2.75, 3.05) is 131 Å². The maximum Gasteiger partial charge on any atom is 0.407 e. The van der Waals surface area contributed by atoms with E-state index in [2.05, 4.69) is 120 Å². The molecule has 141 heavy (non-hydrogen) atoms. The molecule has 1 aromatic rings. The van der Waals surface area contributed by atoms with Gasteiger partial charge < -0.3 is 74.0 Å². The Morgan fingerprint density at radius 3 is 0.787 bits per heavy atom. The number of aromatic nitrogens is 3. The van der Waals surface area contributed by atoms with Crippen LogP contribution in [0.25, 0.3) is 0 Å². The average molecular weight is 2000 g/mol. The van der Waals surface area contributed by atoms with Gasteiger partial charge in [0.15, 0.2) is 18.3 Å². The summed E-state index contributed by atoms with van der Waals surface area (Å²) in [7, 11) is 0. The first-order valence-corrected chi connectivity index (χ1v) is 55.6. The lowest BCUT2D eigenvalue weighted by atomic mass is 9.76. The van der Waals surface area contributed by atoms with Crippen molar-refractivity contribution in [3.63, 3.8) is 0 Å². The highest BCUT2D eigenvalue weighted by Gasteiger charge is 2.41. The van der Waals surface area contributed by atoms with E-state index in [1.165, 1.54) is 6.42 Å². The number of rotatable bonds is 74. The SMILES string of the molecule is CCCCCCC(C)(C)C(=O)OCC(CN1CC1C)OC(=O)NCCCCCCn1c(=O)n(CCCCCCNC(=O)OC(COC(=O)C(C)(C)CCCCCC)CN2CC2C)c(=O)n(CCCCCCNC(=O)OC(COC(=O)C(C)(C)CCCCCC)CN2CC2C)c1=O.CCCCOCC(CN1CC1C)OC(=O)NC1CCC(CC2CCC(NC(=O)OC(COCCCC)CN3CC3C)CC2)CC1. The van der Waals surface area contributed by atoms with Crippen LogP contribution in [0, 0.1) is 28.1 Å². The summed E-state index contributed by atoms with van der Waals surface area (Å²) in [6.07, 6.45) is 31.6. The van der Waals surface area contributed by atoms with Gasteiger partial charge >= 0.3 is 65.4 Å². The normalized spacial score (nSPS) is 23.3. The van der Waals surface area contributed by atoms with Crippen LogP contribution in [-0.2, 0) is 81.4 Å². The Balaban J connectivity index is 0.000000496. The van der Waals surface area contributed by atoms with Crippen LogP contribution >= 0.6 is 0 Å². The van der Waals surface area contributed by atoms with Crippen molar-refractivity contribution in [2.45, 2.75) is 460 Å². The summed E-state index contributed by atoms with van der Waals surface area (Å²) >= 11 is 0. The molecule has 7 aliphatic rings. The van der Waals surface area contributed by atoms with Gasteiger partial charge in [-0.25, -0.2) is 52.1 Å². The van der Waals surface area contributed by atoms with Crippen molar-refractivity contribution < 1.29 is 85.7 Å². The van der Waals surface area contributed by atoms with Crippen LogP contribution in [-0.4, -0.2) is 291 Å². The highest BCUT2D eigenvalue weighted by molar-refractivity contribution is 5.77. The van der Waals surface area contributed by atoms with Crippen LogP contribution in [0.1, 0.15) is 368 Å². The molecule has 15 atom stereocenters. The maximum atomic E-state index is 14.1. The fourth-order valence-corrected chi connectivity index (χ4v) is 18.9. The van der Waals surface area contributed by atoms with Gasteiger partial charge in [-0.3, -0.25) is 38.9 Å². The molecule has 2 saturated carbocycles. The Labute approximate surface area is 845 Å². The first kappa shape index (κ1) is 121. The van der Waals surface area contributed by atoms with Gasteiger partial charge in [-0.2, -0.15) is 0 Å². The van der Waals surface area contributed by atoms with Gasteiger partial charge in [0.25, 0.3) is 0 Å². The summed E-state index contributed by atoms with van der Waals surface area (Å²) < 4.78 is 61.1. The molecule has 0 spiro atoms. The molecular formula is C107H193N13O21. The van der Waals surface area contributed by atoms with Crippen LogP contribution in [0.4, 0.5) is 24.0 Å². The van der Waals surface area contributed by atoms with Crippen molar-refractivity contribution in [2.24, 2.45) is 28.1 Å². The molecule has 0 radical (unpaired) electrons. The standard InChI is InChI=1S/C72H129N9O15.C35H64N4O6/c1-13-16-19-28-37-70(7,8)61(82)91-52-58(49-76-46-55(76)4)94-64(85)73-40-31-22-25-34-43-79-67(88)80(44-35-26-23-32-41-74-65(86)95-59(50-77-47-56(77)5)53-92-62(83)71(9,10)38-29-20-17-14-2)69(90)81(68(79)89)45-36-27-24-33-42-75-66(87)96-60(51-78-48-57(78)6)54-93-63(84)72(11,12)39-30-21-18-15-3;1-5-7-17-42-24-32(22-38-20-26(38)3)44-34(40)36-30-13-9-28(10-14-30)19-29-11-15-31(16-12-29)37-35(41)45-33(23-39-21-27(39)4)25-43-18-8-6-2/h55-60H,13-54H2,1-12H3,(H,73,85)(H,74,86)(H,75,87);26-33H,5-25H2,1-4H3,(H,36,40)(H,37,41). The zero-order valence-electron chi connectivity index (χ0n) is 90.3. The Hall–Kier alpha value is -7.11. The summed E-state index contributed by atoms with van der Waals surface area (Å²) in [5.41, 5.74) is -3.92. The lowest BCUT2D eigenvalue weighted by Gasteiger charge is -2.34. The second-order valence-electron chi connectivity index (χ2n) is 44.2. The zero-order chi connectivity index (χ0) is 103. The fourth-order valence-electron chi connectivity index (χ4n) is 18.9. The van der Waals surface area contributed by atoms with E-state index >= 15 is 0 Å². The third-order valence-electron chi connectivity index (χ3n) is 29.3. The Morgan fingerprint density at radius 1 is 0.305 bits per heavy atom. The molecule has 1 aromatic heterocycles. The molecule has 0 bridgehead atoms. The van der Waals surface area contributed by atoms with Crippen molar-refractivity contribution in [1.29, 1.82) is 0 Å². The number of unbranched alkanes of at least 4 members (excludes halogenated alkanes) is 20. The molecule has 7 fully saturated rings. The van der Waals surface area contributed by atoms with E-state index in [1.807, 2.05) is 41.5 Å². The van der Waals surface area contributed by atoms with E-state index in [1.54, 1.807) is 0 Å². The Morgan fingerprint density at radius 2 is 0.539 bits per heavy atom. The third-order valence-corrected chi connectivity index (χ3v) is 29.3. The summed E-state index contributed by atoms with van der Waals surface area (Å²) in [4.78, 5) is 157. The van der Waals surface area contributed by atoms with Crippen LogP contribution in [0.15, 0.2) is 14.4 Å². The number of alkyl carbamates (subject to hydrolysis) is 5. The van der Waals surface area contributed by atoms with E-state index in [4.69, 9.17) is 47.4 Å². The molecular weight excluding hydrogens is 1800 g/mol. The van der Waals surface area contributed by atoms with E-state index in [0.717, 1.165) is 258 Å². The lowest BCUT2D eigenvalue weighted by molar-refractivity contribution is -0.158. The summed E-state index contributed by atoms with van der Waals surface area (Å²) in [6, 6.07) is 2.64. The number of hydrogen-bond donors (Lipinski definition) is 5. The molecule has 5 aliphatic heterocycles. The van der Waals surface area contributed by atoms with Crippen LogP contribution in [0.3, 0.4) is 0 Å². The van der Waals surface area contributed by atoms with Gasteiger partial charge in [-0.05, 0) is 216 Å². The third kappa shape index (κ3) is 49.3. The average Bonchev–Trinajstić information content (AvgIpc) is 1.51. The summed E-state index contributed by atoms with van der Waals surface area (Å²) in [6.45, 7) is 44.0. The van der Waals surface area contributed by atoms with E-state index in [0.29, 0.717) is 160 Å². The molecule has 34 nitrogen and oxygen atoms in total. The first-order valence-electron chi connectivity index (χ1n) is 55.6. The summed E-state index contributed by atoms with van der Waals surface area (Å²) in [5, 5.41) is 14.8. The van der Waals surface area contributed by atoms with Crippen molar-refractivity contribution in [1.82, 2.24) is 64.8 Å². The molecule has 2 aliphatic carbocycles. The minimum absolute atomic E-state index is 0.0283. The molecule has 34 heteroatoms.